The van der Waals surface area contributed by atoms with Gasteiger partial charge in [0.1, 0.15) is 5.84 Å². The largest absolute Gasteiger partial charge is 0.386 e. The third-order valence-electron chi connectivity index (χ3n) is 3.74. The molecule has 0 saturated heterocycles. The second-order valence-corrected chi connectivity index (χ2v) is 4.83. The summed E-state index contributed by atoms with van der Waals surface area (Å²) in [6.45, 7) is 4.63. The van der Waals surface area contributed by atoms with Crippen molar-refractivity contribution in [3.63, 3.8) is 0 Å². The maximum atomic E-state index is 11.6. The van der Waals surface area contributed by atoms with E-state index in [0.29, 0.717) is 12.5 Å². The van der Waals surface area contributed by atoms with Gasteiger partial charge in [-0.05, 0) is 38.5 Å². The lowest BCUT2D eigenvalue weighted by Crippen LogP contribution is -2.60. The number of amidine groups is 1. The standard InChI is InChI=1S/C12H24N4O/c1-3-9-5-7-12(8-6-9,10(13)14)16-11(17)15-4-2/h9H,3-8H2,1-2H3,(H3,13,14)(H2,15,16,17). The van der Waals surface area contributed by atoms with Gasteiger partial charge in [-0.3, -0.25) is 5.41 Å². The Morgan fingerprint density at radius 1 is 1.41 bits per heavy atom. The zero-order valence-corrected chi connectivity index (χ0v) is 10.8. The Balaban J connectivity index is 2.65. The highest BCUT2D eigenvalue weighted by molar-refractivity contribution is 5.91. The van der Waals surface area contributed by atoms with Crippen LogP contribution in [0.4, 0.5) is 4.79 Å². The van der Waals surface area contributed by atoms with Gasteiger partial charge in [-0.2, -0.15) is 0 Å². The van der Waals surface area contributed by atoms with Gasteiger partial charge in [-0.25, -0.2) is 4.79 Å². The summed E-state index contributed by atoms with van der Waals surface area (Å²) in [6.07, 6.45) is 4.77. The molecule has 0 aromatic carbocycles. The Bertz CT molecular complexity index is 282. The molecule has 0 unspecified atom stereocenters. The van der Waals surface area contributed by atoms with Crippen molar-refractivity contribution >= 4 is 11.9 Å². The molecule has 5 nitrogen and oxygen atoms in total. The van der Waals surface area contributed by atoms with E-state index in [1.165, 1.54) is 0 Å². The Morgan fingerprint density at radius 3 is 2.41 bits per heavy atom. The lowest BCUT2D eigenvalue weighted by atomic mass is 9.75. The van der Waals surface area contributed by atoms with Crippen LogP contribution in [0.2, 0.25) is 0 Å². The highest BCUT2D eigenvalue weighted by Crippen LogP contribution is 2.33. The number of amides is 2. The summed E-state index contributed by atoms with van der Waals surface area (Å²) in [7, 11) is 0. The van der Waals surface area contributed by atoms with Crippen LogP contribution in [0.1, 0.15) is 46.0 Å². The number of hydrogen-bond acceptors (Lipinski definition) is 2. The molecule has 0 aromatic rings. The fourth-order valence-electron chi connectivity index (χ4n) is 2.46. The fourth-order valence-corrected chi connectivity index (χ4v) is 2.46. The lowest BCUT2D eigenvalue weighted by Gasteiger charge is -2.39. The molecule has 98 valence electrons. The first-order valence-corrected chi connectivity index (χ1v) is 6.44. The second-order valence-electron chi connectivity index (χ2n) is 4.83. The van der Waals surface area contributed by atoms with Crippen LogP contribution < -0.4 is 16.4 Å². The van der Waals surface area contributed by atoms with Gasteiger partial charge in [-0.1, -0.05) is 13.3 Å². The van der Waals surface area contributed by atoms with Gasteiger partial charge in [0, 0.05) is 6.54 Å². The molecule has 1 rings (SSSR count). The van der Waals surface area contributed by atoms with Crippen molar-refractivity contribution in [1.29, 1.82) is 5.41 Å². The van der Waals surface area contributed by atoms with E-state index in [0.717, 1.165) is 32.1 Å². The van der Waals surface area contributed by atoms with Crippen molar-refractivity contribution in [3.8, 4) is 0 Å². The van der Waals surface area contributed by atoms with Crippen molar-refractivity contribution in [3.05, 3.63) is 0 Å². The number of rotatable bonds is 4. The lowest BCUT2D eigenvalue weighted by molar-refractivity contribution is 0.211. The second kappa shape index (κ2) is 5.89. The first kappa shape index (κ1) is 13.8. The minimum atomic E-state index is -0.620. The zero-order valence-electron chi connectivity index (χ0n) is 10.8. The number of nitrogens with two attached hydrogens (primary N) is 1. The summed E-state index contributed by atoms with van der Waals surface area (Å²) in [6, 6.07) is -0.224. The summed E-state index contributed by atoms with van der Waals surface area (Å²) in [5, 5.41) is 13.3. The van der Waals surface area contributed by atoms with Crippen molar-refractivity contribution < 1.29 is 4.79 Å². The highest BCUT2D eigenvalue weighted by Gasteiger charge is 2.38. The summed E-state index contributed by atoms with van der Waals surface area (Å²) in [5.41, 5.74) is 5.05. The van der Waals surface area contributed by atoms with Gasteiger partial charge in [0.05, 0.1) is 5.54 Å². The van der Waals surface area contributed by atoms with Crippen molar-refractivity contribution in [1.82, 2.24) is 10.6 Å². The zero-order chi connectivity index (χ0) is 12.9. The van der Waals surface area contributed by atoms with Crippen LogP contribution >= 0.6 is 0 Å². The maximum absolute atomic E-state index is 11.6. The monoisotopic (exact) mass is 240 g/mol. The molecule has 0 spiro atoms. The quantitative estimate of drug-likeness (QED) is 0.444. The van der Waals surface area contributed by atoms with Gasteiger partial charge in [0.2, 0.25) is 0 Å². The molecular weight excluding hydrogens is 216 g/mol. The molecule has 0 bridgehead atoms. The normalized spacial score (nSPS) is 28.5. The Hall–Kier alpha value is -1.26. The van der Waals surface area contributed by atoms with Crippen LogP contribution in [0.15, 0.2) is 0 Å². The number of carbonyl (C=O) groups excluding carboxylic acids is 1. The van der Waals surface area contributed by atoms with Crippen LogP contribution in [0, 0.1) is 11.3 Å². The fraction of sp³-hybridized carbons (Fsp3) is 0.833. The van der Waals surface area contributed by atoms with Crippen LogP contribution in [0.3, 0.4) is 0 Å². The van der Waals surface area contributed by atoms with Crippen molar-refractivity contribution in [2.24, 2.45) is 11.7 Å². The van der Waals surface area contributed by atoms with E-state index in [1.54, 1.807) is 0 Å². The minimum absolute atomic E-state index is 0.0818. The predicted octanol–water partition coefficient (Wildman–Crippen LogP) is 1.58. The molecule has 0 aromatic heterocycles. The number of urea groups is 1. The van der Waals surface area contributed by atoms with E-state index >= 15 is 0 Å². The summed E-state index contributed by atoms with van der Waals surface area (Å²) < 4.78 is 0. The van der Waals surface area contributed by atoms with Gasteiger partial charge in [0.25, 0.3) is 0 Å². The molecule has 0 atom stereocenters. The number of carbonyl (C=O) groups is 1. The van der Waals surface area contributed by atoms with E-state index in [4.69, 9.17) is 11.1 Å². The number of nitrogens with one attached hydrogen (secondary N) is 3. The molecule has 1 saturated carbocycles. The summed E-state index contributed by atoms with van der Waals surface area (Å²) in [4.78, 5) is 11.6. The molecule has 5 heteroatoms. The highest BCUT2D eigenvalue weighted by atomic mass is 16.2. The van der Waals surface area contributed by atoms with Gasteiger partial charge < -0.3 is 16.4 Å². The van der Waals surface area contributed by atoms with Crippen LogP contribution in [-0.2, 0) is 0 Å². The Kier molecular flexibility index (Phi) is 4.78. The van der Waals surface area contributed by atoms with E-state index in [-0.39, 0.29) is 11.9 Å². The molecule has 0 radical (unpaired) electrons. The molecule has 5 N–H and O–H groups in total. The smallest absolute Gasteiger partial charge is 0.315 e. The minimum Gasteiger partial charge on any atom is -0.386 e. The SMILES string of the molecule is CCNC(=O)NC1(C(=N)N)CCC(CC)CC1. The third kappa shape index (κ3) is 3.35. The van der Waals surface area contributed by atoms with E-state index in [2.05, 4.69) is 17.6 Å². The number of hydrogen-bond donors (Lipinski definition) is 4. The molecule has 1 aliphatic rings. The molecule has 2 amide bonds. The first-order chi connectivity index (χ1) is 8.04. The average molecular weight is 240 g/mol. The van der Waals surface area contributed by atoms with Crippen LogP contribution in [0.25, 0.3) is 0 Å². The Morgan fingerprint density at radius 2 is 2.00 bits per heavy atom. The van der Waals surface area contributed by atoms with Crippen LogP contribution in [0.5, 0.6) is 0 Å². The van der Waals surface area contributed by atoms with Crippen molar-refractivity contribution in [2.75, 3.05) is 6.54 Å². The molecule has 17 heavy (non-hydrogen) atoms. The van der Waals surface area contributed by atoms with Crippen molar-refractivity contribution in [2.45, 2.75) is 51.5 Å². The molecule has 1 aliphatic carbocycles. The molecule has 1 fully saturated rings. The Labute approximate surface area is 103 Å². The van der Waals surface area contributed by atoms with E-state index in [9.17, 15) is 4.79 Å². The van der Waals surface area contributed by atoms with Crippen LogP contribution in [-0.4, -0.2) is 24.0 Å². The molecule has 0 aliphatic heterocycles. The third-order valence-corrected chi connectivity index (χ3v) is 3.74. The topological polar surface area (TPSA) is 91.0 Å². The maximum Gasteiger partial charge on any atom is 0.315 e. The summed E-state index contributed by atoms with van der Waals surface area (Å²) in [5.74, 6) is 0.789. The van der Waals surface area contributed by atoms with E-state index in [1.807, 2.05) is 6.92 Å². The molecular formula is C12H24N4O. The predicted molar refractivity (Wildman–Crippen MR) is 69.1 cm³/mol. The molecule has 0 heterocycles. The van der Waals surface area contributed by atoms with Gasteiger partial charge in [0.15, 0.2) is 0 Å². The first-order valence-electron chi connectivity index (χ1n) is 6.44. The summed E-state index contributed by atoms with van der Waals surface area (Å²) >= 11 is 0. The van der Waals surface area contributed by atoms with E-state index < -0.39 is 5.54 Å². The average Bonchev–Trinajstić information content (AvgIpc) is 2.30. The van der Waals surface area contributed by atoms with Gasteiger partial charge in [-0.15, -0.1) is 0 Å². The van der Waals surface area contributed by atoms with Gasteiger partial charge >= 0.3 is 6.03 Å².